The molecule has 3 atom stereocenters. The SMILES string of the molecule is CC(=O)OCOC(=O)OC[C@H]1[CH][C@@H](O)[C@](C#N)(c2ccc3c(NC(=O)C(C)C)ncnn23)O1. The van der Waals surface area contributed by atoms with E-state index in [-0.39, 0.29) is 29.9 Å². The quantitative estimate of drug-likeness (QED) is 0.439. The van der Waals surface area contributed by atoms with Gasteiger partial charge < -0.3 is 29.4 Å². The second kappa shape index (κ2) is 9.80. The number of aliphatic hydroxyl groups is 1. The zero-order valence-electron chi connectivity index (χ0n) is 18.0. The largest absolute Gasteiger partial charge is 0.511 e. The normalized spacial score (nSPS) is 22.1. The molecule has 0 bridgehead atoms. The van der Waals surface area contributed by atoms with Crippen molar-refractivity contribution in [2.24, 2.45) is 5.92 Å². The standard InChI is InChI=1S/C20H22N5O8/c1-11(2)18(28)24-17-14-4-5-15(25(14)23-9-22-17)20(8-21)16(27)6-13(33-20)7-30-19(29)32-10-31-12(3)26/h4-6,9,11,13,16,27H,7,10H2,1-3H3,(H,22,23,24,28)/t13-,16-,20+/m1/s1. The van der Waals surface area contributed by atoms with Gasteiger partial charge in [-0.1, -0.05) is 13.8 Å². The summed E-state index contributed by atoms with van der Waals surface area (Å²) < 4.78 is 21.0. The van der Waals surface area contributed by atoms with Crippen LogP contribution < -0.4 is 5.32 Å². The van der Waals surface area contributed by atoms with Crippen molar-refractivity contribution in [3.63, 3.8) is 0 Å². The number of hydrogen-bond acceptors (Lipinski definition) is 11. The van der Waals surface area contributed by atoms with Crippen LogP contribution in [0.15, 0.2) is 18.5 Å². The minimum absolute atomic E-state index is 0.186. The van der Waals surface area contributed by atoms with Gasteiger partial charge >= 0.3 is 12.1 Å². The van der Waals surface area contributed by atoms with Crippen LogP contribution in [-0.2, 0) is 34.1 Å². The number of carbonyl (C=O) groups is 3. The number of ether oxygens (including phenoxy) is 4. The number of fused-ring (bicyclic) bond motifs is 1. The molecule has 0 aromatic carbocycles. The molecule has 0 unspecified atom stereocenters. The number of anilines is 1. The molecule has 175 valence electrons. The smallest absolute Gasteiger partial charge is 0.431 e. The van der Waals surface area contributed by atoms with Crippen LogP contribution in [0.4, 0.5) is 10.6 Å². The molecule has 1 fully saturated rings. The highest BCUT2D eigenvalue weighted by atomic mass is 16.8. The van der Waals surface area contributed by atoms with Crippen LogP contribution in [0.1, 0.15) is 26.5 Å². The molecule has 13 nitrogen and oxygen atoms in total. The molecular weight excluding hydrogens is 438 g/mol. The van der Waals surface area contributed by atoms with Crippen molar-refractivity contribution in [1.82, 2.24) is 14.6 Å². The molecule has 3 rings (SSSR count). The molecule has 1 saturated heterocycles. The molecule has 33 heavy (non-hydrogen) atoms. The van der Waals surface area contributed by atoms with Gasteiger partial charge in [-0.3, -0.25) is 9.59 Å². The molecule has 2 aromatic rings. The van der Waals surface area contributed by atoms with Crippen molar-refractivity contribution in [3.05, 3.63) is 30.6 Å². The van der Waals surface area contributed by atoms with E-state index in [1.165, 1.54) is 23.3 Å². The molecule has 0 aliphatic carbocycles. The number of carbonyl (C=O) groups excluding carboxylic acids is 3. The first-order valence-corrected chi connectivity index (χ1v) is 9.87. The predicted octanol–water partition coefficient (Wildman–Crippen LogP) is 0.680. The number of amides is 1. The summed E-state index contributed by atoms with van der Waals surface area (Å²) in [6, 6.07) is 5.06. The van der Waals surface area contributed by atoms with Crippen LogP contribution in [0, 0.1) is 23.7 Å². The van der Waals surface area contributed by atoms with Crippen LogP contribution in [0.3, 0.4) is 0 Å². The molecule has 3 heterocycles. The second-order valence-electron chi connectivity index (χ2n) is 7.37. The monoisotopic (exact) mass is 460 g/mol. The minimum Gasteiger partial charge on any atom is -0.431 e. The first-order valence-electron chi connectivity index (χ1n) is 9.87. The highest BCUT2D eigenvalue weighted by Crippen LogP contribution is 2.39. The molecule has 13 heteroatoms. The van der Waals surface area contributed by atoms with Crippen molar-refractivity contribution in [1.29, 1.82) is 5.26 Å². The Morgan fingerprint density at radius 2 is 2.09 bits per heavy atom. The van der Waals surface area contributed by atoms with Gasteiger partial charge in [0.1, 0.15) is 36.7 Å². The van der Waals surface area contributed by atoms with Crippen molar-refractivity contribution >= 4 is 29.4 Å². The van der Waals surface area contributed by atoms with Crippen molar-refractivity contribution in [2.75, 3.05) is 18.7 Å². The number of nitrogens with one attached hydrogen (secondary N) is 1. The van der Waals surface area contributed by atoms with Gasteiger partial charge in [-0.15, -0.1) is 0 Å². The van der Waals surface area contributed by atoms with Gasteiger partial charge in [0.25, 0.3) is 0 Å². The molecular formula is C20H22N5O8. The molecule has 0 saturated carbocycles. The molecule has 2 aromatic heterocycles. The van der Waals surface area contributed by atoms with Gasteiger partial charge in [0.15, 0.2) is 5.82 Å². The summed E-state index contributed by atoms with van der Waals surface area (Å²) in [7, 11) is 0. The Labute approximate surface area is 188 Å². The van der Waals surface area contributed by atoms with Gasteiger partial charge in [0.05, 0.1) is 5.69 Å². The van der Waals surface area contributed by atoms with E-state index in [1.54, 1.807) is 19.9 Å². The number of esters is 1. The first kappa shape index (κ1) is 23.9. The minimum atomic E-state index is -1.87. The van der Waals surface area contributed by atoms with Crippen LogP contribution in [0.2, 0.25) is 0 Å². The fourth-order valence-electron chi connectivity index (χ4n) is 3.06. The average Bonchev–Trinajstić information content (AvgIpc) is 3.34. The van der Waals surface area contributed by atoms with Crippen molar-refractivity contribution < 1.29 is 38.4 Å². The molecule has 1 radical (unpaired) electrons. The van der Waals surface area contributed by atoms with E-state index in [1.807, 2.05) is 6.07 Å². The third-order valence-corrected chi connectivity index (χ3v) is 4.72. The molecule has 1 amide bonds. The summed E-state index contributed by atoms with van der Waals surface area (Å²) in [5, 5.41) is 27.4. The lowest BCUT2D eigenvalue weighted by atomic mass is 9.94. The van der Waals surface area contributed by atoms with Crippen molar-refractivity contribution in [2.45, 2.75) is 38.6 Å². The fourth-order valence-corrected chi connectivity index (χ4v) is 3.06. The van der Waals surface area contributed by atoms with Gasteiger partial charge in [0.2, 0.25) is 18.3 Å². The number of hydrogen-bond donors (Lipinski definition) is 2. The predicted molar refractivity (Wildman–Crippen MR) is 108 cm³/mol. The molecule has 1 aliphatic heterocycles. The summed E-state index contributed by atoms with van der Waals surface area (Å²) in [6.07, 6.45) is -0.973. The van der Waals surface area contributed by atoms with E-state index in [0.29, 0.717) is 5.52 Å². The lowest BCUT2D eigenvalue weighted by Gasteiger charge is -2.24. The van der Waals surface area contributed by atoms with Gasteiger partial charge in [-0.25, -0.2) is 14.3 Å². The number of nitrogens with zero attached hydrogens (tertiary/aromatic N) is 4. The summed E-state index contributed by atoms with van der Waals surface area (Å²) >= 11 is 0. The first-order chi connectivity index (χ1) is 15.7. The van der Waals surface area contributed by atoms with E-state index < -0.39 is 36.7 Å². The lowest BCUT2D eigenvalue weighted by molar-refractivity contribution is -0.151. The maximum absolute atomic E-state index is 12.1. The van der Waals surface area contributed by atoms with Crippen LogP contribution in [-0.4, -0.2) is 63.3 Å². The zero-order valence-corrected chi connectivity index (χ0v) is 18.0. The number of rotatable bonds is 7. The Morgan fingerprint density at radius 3 is 2.76 bits per heavy atom. The van der Waals surface area contributed by atoms with E-state index in [9.17, 15) is 24.8 Å². The van der Waals surface area contributed by atoms with Crippen molar-refractivity contribution in [3.8, 4) is 6.07 Å². The lowest BCUT2D eigenvalue weighted by Crippen LogP contribution is -2.37. The van der Waals surface area contributed by atoms with E-state index in [2.05, 4.69) is 24.9 Å². The molecule has 2 N–H and O–H groups in total. The summed E-state index contributed by atoms with van der Waals surface area (Å²) in [6.45, 7) is 3.63. The van der Waals surface area contributed by atoms with Crippen LogP contribution in [0.25, 0.3) is 5.52 Å². The van der Waals surface area contributed by atoms with E-state index >= 15 is 0 Å². The summed E-state index contributed by atoms with van der Waals surface area (Å²) in [5.74, 6) is -0.935. The van der Waals surface area contributed by atoms with E-state index in [4.69, 9.17) is 9.47 Å². The van der Waals surface area contributed by atoms with Gasteiger partial charge in [0, 0.05) is 19.3 Å². The molecule has 1 aliphatic rings. The average molecular weight is 460 g/mol. The summed E-state index contributed by atoms with van der Waals surface area (Å²) in [4.78, 5) is 38.4. The summed E-state index contributed by atoms with van der Waals surface area (Å²) in [5.41, 5.74) is -1.29. The Balaban J connectivity index is 1.76. The highest BCUT2D eigenvalue weighted by molar-refractivity contribution is 5.94. The number of nitriles is 1. The number of aliphatic hydroxyl groups excluding tert-OH is 1. The van der Waals surface area contributed by atoms with Gasteiger partial charge in [-0.2, -0.15) is 10.4 Å². The second-order valence-corrected chi connectivity index (χ2v) is 7.37. The maximum Gasteiger partial charge on any atom is 0.511 e. The topological polar surface area (TPSA) is 174 Å². The Morgan fingerprint density at radius 1 is 1.33 bits per heavy atom. The Kier molecular flexibility index (Phi) is 7.10. The van der Waals surface area contributed by atoms with E-state index in [0.717, 1.165) is 6.92 Å². The van der Waals surface area contributed by atoms with Gasteiger partial charge in [-0.05, 0) is 12.1 Å². The maximum atomic E-state index is 12.1. The Hall–Kier alpha value is -3.76. The third-order valence-electron chi connectivity index (χ3n) is 4.72. The fraction of sp³-hybridized carbons (Fsp3) is 0.450. The highest BCUT2D eigenvalue weighted by Gasteiger charge is 2.52. The Bertz CT molecular complexity index is 1090. The zero-order chi connectivity index (χ0) is 24.2. The molecule has 0 spiro atoms. The van der Waals surface area contributed by atoms with Crippen LogP contribution >= 0.6 is 0 Å². The van der Waals surface area contributed by atoms with Crippen LogP contribution in [0.5, 0.6) is 0 Å². The third kappa shape index (κ3) is 5.02. The number of aromatic nitrogens is 3.